The number of nitrogens with one attached hydrogen (secondary N) is 1. The fourth-order valence-electron chi connectivity index (χ4n) is 2.38. The standard InChI is InChI=1S/C13H21N3O5S/c1-10-8-12(15-21-10)14-13(17)11-4-3-5-16(9-11)22(18,19)7-6-20-2/h8,11H,3-7,9H2,1-2H3,(H,14,15,17). The van der Waals surface area contributed by atoms with E-state index in [-0.39, 0.29) is 30.7 Å². The van der Waals surface area contributed by atoms with Crippen LogP contribution in [0.3, 0.4) is 0 Å². The first-order valence-electron chi connectivity index (χ1n) is 7.13. The van der Waals surface area contributed by atoms with E-state index in [4.69, 9.17) is 9.26 Å². The molecule has 0 saturated carbocycles. The number of anilines is 1. The summed E-state index contributed by atoms with van der Waals surface area (Å²) in [5.41, 5.74) is 0. The fourth-order valence-corrected chi connectivity index (χ4v) is 3.83. The van der Waals surface area contributed by atoms with Crippen molar-refractivity contribution < 1.29 is 22.5 Å². The van der Waals surface area contributed by atoms with Crippen molar-refractivity contribution in [2.24, 2.45) is 5.92 Å². The van der Waals surface area contributed by atoms with Gasteiger partial charge in [0.15, 0.2) is 5.82 Å². The minimum absolute atomic E-state index is 0.0691. The van der Waals surface area contributed by atoms with Crippen molar-refractivity contribution in [2.75, 3.05) is 37.9 Å². The monoisotopic (exact) mass is 331 g/mol. The molecule has 22 heavy (non-hydrogen) atoms. The minimum atomic E-state index is -3.39. The lowest BCUT2D eigenvalue weighted by Crippen LogP contribution is -2.45. The lowest BCUT2D eigenvalue weighted by Gasteiger charge is -2.30. The third-order valence-corrected chi connectivity index (χ3v) is 5.37. The second-order valence-electron chi connectivity index (χ2n) is 5.32. The number of carbonyl (C=O) groups excluding carboxylic acids is 1. The van der Waals surface area contributed by atoms with E-state index in [2.05, 4.69) is 10.5 Å². The molecule has 1 atom stereocenters. The van der Waals surface area contributed by atoms with E-state index in [1.165, 1.54) is 11.4 Å². The van der Waals surface area contributed by atoms with Gasteiger partial charge in [0.25, 0.3) is 0 Å². The number of sulfonamides is 1. The molecule has 1 unspecified atom stereocenters. The second kappa shape index (κ2) is 7.21. The Labute approximate surface area is 129 Å². The van der Waals surface area contributed by atoms with Gasteiger partial charge in [-0.05, 0) is 19.8 Å². The highest BCUT2D eigenvalue weighted by atomic mass is 32.2. The van der Waals surface area contributed by atoms with E-state index in [0.29, 0.717) is 31.0 Å². The van der Waals surface area contributed by atoms with Crippen molar-refractivity contribution in [3.05, 3.63) is 11.8 Å². The normalized spacial score (nSPS) is 20.0. The van der Waals surface area contributed by atoms with Crippen molar-refractivity contribution in [1.82, 2.24) is 9.46 Å². The van der Waals surface area contributed by atoms with Crippen LogP contribution in [-0.4, -0.2) is 56.3 Å². The number of amides is 1. The Balaban J connectivity index is 1.96. The molecule has 1 aliphatic heterocycles. The first-order chi connectivity index (χ1) is 10.4. The van der Waals surface area contributed by atoms with Gasteiger partial charge >= 0.3 is 0 Å². The van der Waals surface area contributed by atoms with Gasteiger partial charge in [-0.25, -0.2) is 12.7 Å². The highest BCUT2D eigenvalue weighted by Gasteiger charge is 2.32. The Kier molecular flexibility index (Phi) is 5.54. The van der Waals surface area contributed by atoms with E-state index in [1.807, 2.05) is 0 Å². The summed E-state index contributed by atoms with van der Waals surface area (Å²) in [6.45, 7) is 2.51. The van der Waals surface area contributed by atoms with Gasteiger partial charge in [0, 0.05) is 26.3 Å². The zero-order chi connectivity index (χ0) is 16.2. The molecule has 0 spiro atoms. The Hall–Kier alpha value is -1.45. The number of rotatable bonds is 6. The number of hydrogen-bond acceptors (Lipinski definition) is 6. The largest absolute Gasteiger partial charge is 0.384 e. The molecule has 1 saturated heterocycles. The molecular weight excluding hydrogens is 310 g/mol. The molecule has 8 nitrogen and oxygen atoms in total. The molecule has 9 heteroatoms. The average molecular weight is 331 g/mol. The lowest BCUT2D eigenvalue weighted by atomic mass is 9.99. The van der Waals surface area contributed by atoms with Crippen molar-refractivity contribution in [1.29, 1.82) is 0 Å². The van der Waals surface area contributed by atoms with Crippen LogP contribution >= 0.6 is 0 Å². The van der Waals surface area contributed by atoms with Crippen LogP contribution < -0.4 is 5.32 Å². The molecule has 0 aromatic carbocycles. The SMILES string of the molecule is COCCS(=O)(=O)N1CCCC(C(=O)Nc2cc(C)on2)C1. The predicted octanol–water partition coefficient (Wildman–Crippen LogP) is 0.610. The summed E-state index contributed by atoms with van der Waals surface area (Å²) in [5.74, 6) is 0.257. The molecular formula is C13H21N3O5S. The molecule has 1 aromatic heterocycles. The Morgan fingerprint density at radius 2 is 2.36 bits per heavy atom. The molecule has 0 radical (unpaired) electrons. The van der Waals surface area contributed by atoms with Crippen LogP contribution in [0.15, 0.2) is 10.6 Å². The molecule has 2 heterocycles. The molecule has 124 valence electrons. The number of piperidine rings is 1. The number of aryl methyl sites for hydroxylation is 1. The fraction of sp³-hybridized carbons (Fsp3) is 0.692. The first-order valence-corrected chi connectivity index (χ1v) is 8.74. The maximum atomic E-state index is 12.2. The number of nitrogens with zero attached hydrogens (tertiary/aromatic N) is 2. The van der Waals surface area contributed by atoms with Gasteiger partial charge in [0.2, 0.25) is 15.9 Å². The Morgan fingerprint density at radius 3 is 3.00 bits per heavy atom. The summed E-state index contributed by atoms with van der Waals surface area (Å²) < 4.78 is 35.4. The zero-order valence-corrected chi connectivity index (χ0v) is 13.6. The Bertz CT molecular complexity index is 613. The molecule has 2 rings (SSSR count). The molecule has 0 bridgehead atoms. The predicted molar refractivity (Wildman–Crippen MR) is 79.8 cm³/mol. The third-order valence-electron chi connectivity index (χ3n) is 3.57. The summed E-state index contributed by atoms with van der Waals surface area (Å²) in [6, 6.07) is 1.62. The van der Waals surface area contributed by atoms with Gasteiger partial charge in [0.1, 0.15) is 5.76 Å². The maximum Gasteiger partial charge on any atom is 0.230 e. The number of ether oxygens (including phenoxy) is 1. The molecule has 1 aromatic rings. The van der Waals surface area contributed by atoms with E-state index in [1.54, 1.807) is 13.0 Å². The van der Waals surface area contributed by atoms with Crippen LogP contribution in [0.4, 0.5) is 5.82 Å². The van der Waals surface area contributed by atoms with Crippen molar-refractivity contribution in [3.63, 3.8) is 0 Å². The number of hydrogen-bond donors (Lipinski definition) is 1. The van der Waals surface area contributed by atoms with Crippen LogP contribution in [-0.2, 0) is 19.6 Å². The van der Waals surface area contributed by atoms with Crippen LogP contribution in [0.2, 0.25) is 0 Å². The minimum Gasteiger partial charge on any atom is -0.384 e. The molecule has 1 amide bonds. The Morgan fingerprint density at radius 1 is 1.59 bits per heavy atom. The van der Waals surface area contributed by atoms with Crippen molar-refractivity contribution in [2.45, 2.75) is 19.8 Å². The molecule has 1 aliphatic rings. The van der Waals surface area contributed by atoms with Crippen LogP contribution in [0.1, 0.15) is 18.6 Å². The smallest absolute Gasteiger partial charge is 0.230 e. The van der Waals surface area contributed by atoms with E-state index in [0.717, 1.165) is 0 Å². The highest BCUT2D eigenvalue weighted by Crippen LogP contribution is 2.21. The maximum absolute atomic E-state index is 12.2. The van der Waals surface area contributed by atoms with Gasteiger partial charge < -0.3 is 14.6 Å². The van der Waals surface area contributed by atoms with Gasteiger partial charge in [-0.1, -0.05) is 5.16 Å². The second-order valence-corrected chi connectivity index (χ2v) is 7.41. The zero-order valence-electron chi connectivity index (χ0n) is 12.7. The average Bonchev–Trinajstić information content (AvgIpc) is 2.90. The first kappa shape index (κ1) is 16.9. The summed E-state index contributed by atoms with van der Waals surface area (Å²) in [5, 5.41) is 6.36. The summed E-state index contributed by atoms with van der Waals surface area (Å²) >= 11 is 0. The summed E-state index contributed by atoms with van der Waals surface area (Å²) in [4.78, 5) is 12.2. The van der Waals surface area contributed by atoms with E-state index < -0.39 is 10.0 Å². The summed E-state index contributed by atoms with van der Waals surface area (Å²) in [6.07, 6.45) is 1.31. The van der Waals surface area contributed by atoms with Gasteiger partial charge in [0.05, 0.1) is 18.3 Å². The van der Waals surface area contributed by atoms with Gasteiger partial charge in [-0.2, -0.15) is 0 Å². The van der Waals surface area contributed by atoms with E-state index >= 15 is 0 Å². The highest BCUT2D eigenvalue weighted by molar-refractivity contribution is 7.89. The molecule has 1 fully saturated rings. The number of aromatic nitrogens is 1. The summed E-state index contributed by atoms with van der Waals surface area (Å²) in [7, 11) is -1.93. The third kappa shape index (κ3) is 4.28. The molecule has 1 N–H and O–H groups in total. The van der Waals surface area contributed by atoms with Crippen LogP contribution in [0, 0.1) is 12.8 Å². The van der Waals surface area contributed by atoms with Gasteiger partial charge in [-0.15, -0.1) is 0 Å². The number of carbonyl (C=O) groups is 1. The number of methoxy groups -OCH3 is 1. The van der Waals surface area contributed by atoms with Gasteiger partial charge in [-0.3, -0.25) is 4.79 Å². The van der Waals surface area contributed by atoms with Crippen LogP contribution in [0.5, 0.6) is 0 Å². The van der Waals surface area contributed by atoms with Crippen LogP contribution in [0.25, 0.3) is 0 Å². The molecule has 0 aliphatic carbocycles. The quantitative estimate of drug-likeness (QED) is 0.819. The van der Waals surface area contributed by atoms with Crippen molar-refractivity contribution in [3.8, 4) is 0 Å². The van der Waals surface area contributed by atoms with E-state index in [9.17, 15) is 13.2 Å². The topological polar surface area (TPSA) is 102 Å². The lowest BCUT2D eigenvalue weighted by molar-refractivity contribution is -0.120. The van der Waals surface area contributed by atoms with Crippen molar-refractivity contribution >= 4 is 21.7 Å².